The second kappa shape index (κ2) is 8.43. The first-order chi connectivity index (χ1) is 11.1. The maximum atomic E-state index is 11.7. The summed E-state index contributed by atoms with van der Waals surface area (Å²) in [4.78, 5) is 15.6. The smallest absolute Gasteiger partial charge is 0.277 e. The summed E-state index contributed by atoms with van der Waals surface area (Å²) in [6, 6.07) is 9.43. The van der Waals surface area contributed by atoms with E-state index in [9.17, 15) is 4.79 Å². The van der Waals surface area contributed by atoms with E-state index in [0.29, 0.717) is 11.7 Å². The number of hydrogen-bond donors (Lipinski definition) is 1. The third-order valence-corrected chi connectivity index (χ3v) is 3.71. The van der Waals surface area contributed by atoms with Crippen molar-refractivity contribution in [2.45, 2.75) is 19.8 Å². The van der Waals surface area contributed by atoms with Gasteiger partial charge in [-0.05, 0) is 57.2 Å². The average Bonchev–Trinajstić information content (AvgIpc) is 2.54. The zero-order valence-electron chi connectivity index (χ0n) is 13.0. The molecule has 0 spiro atoms. The van der Waals surface area contributed by atoms with Gasteiger partial charge >= 0.3 is 0 Å². The first-order valence-corrected chi connectivity index (χ1v) is 7.99. The molecule has 0 atom stereocenters. The minimum atomic E-state index is -0.324. The number of ether oxygens (including phenoxy) is 1. The van der Waals surface area contributed by atoms with Crippen LogP contribution in [-0.4, -0.2) is 23.7 Å². The van der Waals surface area contributed by atoms with Gasteiger partial charge in [-0.25, -0.2) is 5.43 Å². The predicted molar refractivity (Wildman–Crippen MR) is 93.7 cm³/mol. The van der Waals surface area contributed by atoms with Crippen molar-refractivity contribution in [2.75, 3.05) is 6.61 Å². The zero-order chi connectivity index (χ0) is 16.7. The van der Waals surface area contributed by atoms with Crippen molar-refractivity contribution in [3.63, 3.8) is 0 Å². The van der Waals surface area contributed by atoms with E-state index in [1.165, 1.54) is 5.56 Å². The van der Waals surface area contributed by atoms with Crippen LogP contribution in [0.5, 0.6) is 5.75 Å². The molecular formula is C17H18BrN3O2. The van der Waals surface area contributed by atoms with Gasteiger partial charge in [0.2, 0.25) is 0 Å². The number of pyridine rings is 1. The number of rotatable bonds is 6. The number of carbonyl (C=O) groups is 1. The number of nitrogens with one attached hydrogen (secondary N) is 1. The van der Waals surface area contributed by atoms with Crippen LogP contribution in [0, 0.1) is 0 Å². The van der Waals surface area contributed by atoms with Crippen LogP contribution in [0.25, 0.3) is 0 Å². The average molecular weight is 376 g/mol. The van der Waals surface area contributed by atoms with Crippen molar-refractivity contribution in [3.05, 3.63) is 58.3 Å². The number of benzene rings is 1. The molecule has 2 aromatic rings. The molecule has 1 amide bonds. The Morgan fingerprint density at radius 3 is 2.74 bits per heavy atom. The highest BCUT2D eigenvalue weighted by molar-refractivity contribution is 9.10. The van der Waals surface area contributed by atoms with E-state index in [0.717, 1.165) is 10.0 Å². The van der Waals surface area contributed by atoms with Crippen LogP contribution in [-0.2, 0) is 4.79 Å². The highest BCUT2D eigenvalue weighted by Gasteiger charge is 2.07. The van der Waals surface area contributed by atoms with Crippen molar-refractivity contribution in [1.82, 2.24) is 10.4 Å². The number of aromatic nitrogens is 1. The lowest BCUT2D eigenvalue weighted by Crippen LogP contribution is -2.24. The molecule has 5 nitrogen and oxygen atoms in total. The van der Waals surface area contributed by atoms with Gasteiger partial charge in [-0.2, -0.15) is 5.10 Å². The fraction of sp³-hybridized carbons (Fsp3) is 0.235. The molecule has 6 heteroatoms. The molecule has 1 aromatic heterocycles. The van der Waals surface area contributed by atoms with Crippen LogP contribution in [0.4, 0.5) is 0 Å². The maximum Gasteiger partial charge on any atom is 0.277 e. The van der Waals surface area contributed by atoms with Crippen molar-refractivity contribution in [1.29, 1.82) is 0 Å². The Labute approximate surface area is 143 Å². The van der Waals surface area contributed by atoms with Gasteiger partial charge in [0, 0.05) is 12.4 Å². The maximum absolute atomic E-state index is 11.7. The normalized spacial score (nSPS) is 11.0. The van der Waals surface area contributed by atoms with Crippen LogP contribution < -0.4 is 10.2 Å². The summed E-state index contributed by atoms with van der Waals surface area (Å²) in [5, 5.41) is 3.87. The number of hydrogen-bond acceptors (Lipinski definition) is 4. The fourth-order valence-electron chi connectivity index (χ4n) is 1.80. The van der Waals surface area contributed by atoms with Gasteiger partial charge in [0.25, 0.3) is 5.91 Å². The molecule has 0 radical (unpaired) electrons. The van der Waals surface area contributed by atoms with Gasteiger partial charge in [0.05, 0.1) is 10.7 Å². The van der Waals surface area contributed by atoms with Crippen LogP contribution in [0.15, 0.2) is 52.3 Å². The van der Waals surface area contributed by atoms with Crippen molar-refractivity contribution in [3.8, 4) is 5.75 Å². The van der Waals surface area contributed by atoms with Gasteiger partial charge in [0.15, 0.2) is 6.61 Å². The Morgan fingerprint density at radius 2 is 2.09 bits per heavy atom. The zero-order valence-corrected chi connectivity index (χ0v) is 14.6. The molecule has 1 aromatic carbocycles. The van der Waals surface area contributed by atoms with Crippen LogP contribution in [0.1, 0.15) is 30.9 Å². The second-order valence-electron chi connectivity index (χ2n) is 5.21. The van der Waals surface area contributed by atoms with Gasteiger partial charge in [0.1, 0.15) is 5.75 Å². The Bertz CT molecular complexity index is 687. The van der Waals surface area contributed by atoms with Gasteiger partial charge < -0.3 is 4.74 Å². The molecule has 0 unspecified atom stereocenters. The molecule has 2 rings (SSSR count). The number of halogens is 1. The summed E-state index contributed by atoms with van der Waals surface area (Å²) in [6.07, 6.45) is 4.86. The number of hydrazone groups is 1. The van der Waals surface area contributed by atoms with E-state index in [2.05, 4.69) is 45.3 Å². The quantitative estimate of drug-likeness (QED) is 0.620. The molecule has 0 aliphatic rings. The first-order valence-electron chi connectivity index (χ1n) is 7.20. The Hall–Kier alpha value is -2.21. The summed E-state index contributed by atoms with van der Waals surface area (Å²) < 4.78 is 6.32. The van der Waals surface area contributed by atoms with Crippen LogP contribution in [0.3, 0.4) is 0 Å². The van der Waals surface area contributed by atoms with Crippen LogP contribution >= 0.6 is 15.9 Å². The summed E-state index contributed by atoms with van der Waals surface area (Å²) in [5.74, 6) is 0.740. The molecule has 0 saturated carbocycles. The highest BCUT2D eigenvalue weighted by atomic mass is 79.9. The lowest BCUT2D eigenvalue weighted by atomic mass is 10.0. The molecule has 0 aliphatic carbocycles. The van der Waals surface area contributed by atoms with Gasteiger partial charge in [-0.15, -0.1) is 0 Å². The predicted octanol–water partition coefficient (Wildman–Crippen LogP) is 3.50. The number of amides is 1. The van der Waals surface area contributed by atoms with Crippen molar-refractivity contribution < 1.29 is 9.53 Å². The first kappa shape index (κ1) is 17.1. The molecule has 1 heterocycles. The Morgan fingerprint density at radius 1 is 1.35 bits per heavy atom. The largest absolute Gasteiger partial charge is 0.483 e. The summed E-state index contributed by atoms with van der Waals surface area (Å²) in [5.41, 5.74) is 4.48. The topological polar surface area (TPSA) is 63.6 Å². The van der Waals surface area contributed by atoms with Crippen molar-refractivity contribution in [2.24, 2.45) is 5.10 Å². The minimum Gasteiger partial charge on any atom is -0.483 e. The third-order valence-electron chi connectivity index (χ3n) is 3.09. The summed E-state index contributed by atoms with van der Waals surface area (Å²) in [6.45, 7) is 4.14. The lowest BCUT2D eigenvalue weighted by Gasteiger charge is -2.10. The number of carbonyl (C=O) groups excluding carboxylic acids is 1. The molecule has 120 valence electrons. The van der Waals surface area contributed by atoms with E-state index in [4.69, 9.17) is 4.74 Å². The summed E-state index contributed by atoms with van der Waals surface area (Å²) >= 11 is 3.46. The van der Waals surface area contributed by atoms with E-state index >= 15 is 0 Å². The minimum absolute atomic E-state index is 0.104. The van der Waals surface area contributed by atoms with E-state index in [-0.39, 0.29) is 12.5 Å². The molecule has 0 bridgehead atoms. The number of nitrogens with zero attached hydrogens (tertiary/aromatic N) is 2. The van der Waals surface area contributed by atoms with E-state index < -0.39 is 0 Å². The van der Waals surface area contributed by atoms with Crippen LogP contribution in [0.2, 0.25) is 0 Å². The molecule has 1 N–H and O–H groups in total. The highest BCUT2D eigenvalue weighted by Crippen LogP contribution is 2.28. The summed E-state index contributed by atoms with van der Waals surface area (Å²) in [7, 11) is 0. The van der Waals surface area contributed by atoms with E-state index in [1.807, 2.05) is 18.2 Å². The van der Waals surface area contributed by atoms with Gasteiger partial charge in [-0.1, -0.05) is 19.9 Å². The fourth-order valence-corrected chi connectivity index (χ4v) is 2.31. The lowest BCUT2D eigenvalue weighted by molar-refractivity contribution is -0.123. The van der Waals surface area contributed by atoms with Gasteiger partial charge in [-0.3, -0.25) is 9.78 Å². The standard InChI is InChI=1S/C17H18BrN3O2/c1-12(2)14-3-4-16(15(18)9-14)23-11-17(22)21-20-10-13-5-7-19-8-6-13/h3-10,12H,11H2,1-2H3,(H,21,22). The SMILES string of the molecule is CC(C)c1ccc(OCC(=O)NN=Cc2ccncc2)c(Br)c1. The van der Waals surface area contributed by atoms with Crippen molar-refractivity contribution >= 4 is 28.1 Å². The molecule has 0 aliphatic heterocycles. The monoisotopic (exact) mass is 375 g/mol. The molecule has 0 fully saturated rings. The molecule has 0 saturated heterocycles. The molecule has 23 heavy (non-hydrogen) atoms. The Kier molecular flexibility index (Phi) is 6.29. The second-order valence-corrected chi connectivity index (χ2v) is 6.06. The van der Waals surface area contributed by atoms with E-state index in [1.54, 1.807) is 30.7 Å². The Balaban J connectivity index is 1.84. The third kappa shape index (κ3) is 5.49. The molecular weight excluding hydrogens is 358 g/mol.